The Morgan fingerprint density at radius 1 is 1.04 bits per heavy atom. The predicted molar refractivity (Wildman–Crippen MR) is 101 cm³/mol. The van der Waals surface area contributed by atoms with Crippen molar-refractivity contribution in [1.29, 1.82) is 0 Å². The van der Waals surface area contributed by atoms with Gasteiger partial charge < -0.3 is 10.2 Å². The van der Waals surface area contributed by atoms with Gasteiger partial charge in [-0.25, -0.2) is 0 Å². The minimum atomic E-state index is -0.636. The summed E-state index contributed by atoms with van der Waals surface area (Å²) in [7, 11) is 0. The van der Waals surface area contributed by atoms with Gasteiger partial charge in [0, 0.05) is 6.42 Å². The summed E-state index contributed by atoms with van der Waals surface area (Å²) in [5.41, 5.74) is 0.956. The first-order chi connectivity index (χ1) is 12.5. The molecule has 0 aliphatic heterocycles. The second-order valence-corrected chi connectivity index (χ2v) is 10.9. The van der Waals surface area contributed by atoms with Crippen LogP contribution in [-0.2, 0) is 4.79 Å². The summed E-state index contributed by atoms with van der Waals surface area (Å²) < 4.78 is 0. The topological polar surface area (TPSA) is 57.5 Å². The molecule has 26 heavy (non-hydrogen) atoms. The van der Waals surface area contributed by atoms with E-state index in [4.69, 9.17) is 5.11 Å². The number of carboxylic acid groups (broad SMARTS) is 1. The largest absolute Gasteiger partial charge is 0.481 e. The Morgan fingerprint density at radius 2 is 1.85 bits per heavy atom. The van der Waals surface area contributed by atoms with Gasteiger partial charge in [-0.2, -0.15) is 0 Å². The second kappa shape index (κ2) is 5.96. The van der Waals surface area contributed by atoms with Crippen LogP contribution in [0.5, 0.6) is 0 Å². The summed E-state index contributed by atoms with van der Waals surface area (Å²) in [5.74, 6) is 3.52. The molecule has 0 radical (unpaired) electrons. The zero-order valence-electron chi connectivity index (χ0n) is 16.3. The van der Waals surface area contributed by atoms with Crippen LogP contribution in [0.2, 0.25) is 0 Å². The molecule has 0 heterocycles. The molecular formula is C23H36O3. The maximum absolute atomic E-state index is 11.2. The smallest absolute Gasteiger partial charge is 0.303 e. The molecule has 5 saturated carbocycles. The number of hydrogen-bond acceptors (Lipinski definition) is 2. The third kappa shape index (κ3) is 2.25. The quantitative estimate of drug-likeness (QED) is 0.755. The number of carboxylic acids is 1. The Bertz CT molecular complexity index is 588. The Balaban J connectivity index is 1.37. The molecule has 0 aromatic rings. The number of aliphatic hydroxyl groups is 1. The first-order valence-corrected chi connectivity index (χ1v) is 11.4. The fraction of sp³-hybridized carbons (Fsp3) is 0.957. The fourth-order valence-electron chi connectivity index (χ4n) is 9.30. The normalized spacial score (nSPS) is 55.1. The summed E-state index contributed by atoms with van der Waals surface area (Å²) in [4.78, 5) is 11.0. The number of hydrogen-bond donors (Lipinski definition) is 2. The number of carbonyl (C=O) groups is 1. The van der Waals surface area contributed by atoms with Crippen molar-refractivity contribution < 1.29 is 15.0 Å². The average Bonchev–Trinajstić information content (AvgIpc) is 2.88. The van der Waals surface area contributed by atoms with Crippen molar-refractivity contribution in [2.75, 3.05) is 0 Å². The van der Waals surface area contributed by atoms with Gasteiger partial charge in [-0.1, -0.05) is 19.8 Å². The van der Waals surface area contributed by atoms with Crippen LogP contribution in [0.1, 0.15) is 84.0 Å². The number of rotatable bonds is 3. The molecule has 0 aromatic carbocycles. The van der Waals surface area contributed by atoms with Gasteiger partial charge in [-0.3, -0.25) is 4.79 Å². The summed E-state index contributed by atoms with van der Waals surface area (Å²) >= 11 is 0. The number of fused-ring (bicyclic) bond motifs is 4. The molecule has 2 N–H and O–H groups in total. The van der Waals surface area contributed by atoms with E-state index in [0.29, 0.717) is 29.1 Å². The third-order valence-electron chi connectivity index (χ3n) is 10.3. The predicted octanol–water partition coefficient (Wildman–Crippen LogP) is 4.87. The maximum atomic E-state index is 11.2. The summed E-state index contributed by atoms with van der Waals surface area (Å²) in [6.45, 7) is 2.57. The van der Waals surface area contributed by atoms with Crippen molar-refractivity contribution in [1.82, 2.24) is 0 Å². The molecule has 5 rings (SSSR count). The van der Waals surface area contributed by atoms with Gasteiger partial charge >= 0.3 is 5.97 Å². The van der Waals surface area contributed by atoms with E-state index in [9.17, 15) is 9.90 Å². The van der Waals surface area contributed by atoms with Crippen molar-refractivity contribution in [3.8, 4) is 0 Å². The van der Waals surface area contributed by atoms with Gasteiger partial charge in [0.25, 0.3) is 0 Å². The molecule has 9 atom stereocenters. The van der Waals surface area contributed by atoms with E-state index < -0.39 is 5.97 Å². The average molecular weight is 361 g/mol. The van der Waals surface area contributed by atoms with Crippen LogP contribution < -0.4 is 0 Å². The fourth-order valence-corrected chi connectivity index (χ4v) is 9.30. The summed E-state index contributed by atoms with van der Waals surface area (Å²) in [6.07, 6.45) is 14.2. The Labute approximate surface area is 157 Å². The highest BCUT2D eigenvalue weighted by Gasteiger charge is 2.67. The van der Waals surface area contributed by atoms with Crippen LogP contribution in [0.15, 0.2) is 0 Å². The SMILES string of the molecule is CC12CCCCC1CC(O)C1C2CCC23CC(CCC(=O)O)C2CCC13. The lowest BCUT2D eigenvalue weighted by atomic mass is 9.39. The van der Waals surface area contributed by atoms with Crippen LogP contribution in [0.25, 0.3) is 0 Å². The lowest BCUT2D eigenvalue weighted by Crippen LogP contribution is -2.61. The van der Waals surface area contributed by atoms with E-state index in [1.807, 2.05) is 0 Å². The highest BCUT2D eigenvalue weighted by molar-refractivity contribution is 5.66. The van der Waals surface area contributed by atoms with Crippen molar-refractivity contribution in [2.45, 2.75) is 90.1 Å². The molecule has 3 heteroatoms. The van der Waals surface area contributed by atoms with E-state index >= 15 is 0 Å². The van der Waals surface area contributed by atoms with E-state index in [2.05, 4.69) is 6.92 Å². The van der Waals surface area contributed by atoms with Gasteiger partial charge in [0.15, 0.2) is 0 Å². The molecule has 0 saturated heterocycles. The van der Waals surface area contributed by atoms with Crippen molar-refractivity contribution in [2.24, 2.45) is 46.3 Å². The Morgan fingerprint density at radius 3 is 2.65 bits per heavy atom. The maximum Gasteiger partial charge on any atom is 0.303 e. The van der Waals surface area contributed by atoms with Gasteiger partial charge in [0.1, 0.15) is 0 Å². The minimum Gasteiger partial charge on any atom is -0.481 e. The molecule has 146 valence electrons. The molecule has 1 spiro atoms. The highest BCUT2D eigenvalue weighted by atomic mass is 16.4. The Kier molecular flexibility index (Phi) is 4.02. The van der Waals surface area contributed by atoms with Crippen LogP contribution in [-0.4, -0.2) is 22.3 Å². The van der Waals surface area contributed by atoms with E-state index in [1.54, 1.807) is 0 Å². The van der Waals surface area contributed by atoms with E-state index in [0.717, 1.165) is 36.5 Å². The van der Waals surface area contributed by atoms with Gasteiger partial charge in [0.05, 0.1) is 6.10 Å². The first kappa shape index (κ1) is 17.5. The molecule has 5 aliphatic carbocycles. The van der Waals surface area contributed by atoms with Crippen molar-refractivity contribution in [3.05, 3.63) is 0 Å². The summed E-state index contributed by atoms with van der Waals surface area (Å²) in [6, 6.07) is 0. The molecule has 5 aliphatic rings. The van der Waals surface area contributed by atoms with Gasteiger partial charge in [-0.05, 0) is 104 Å². The van der Waals surface area contributed by atoms with E-state index in [1.165, 1.54) is 57.8 Å². The molecule has 0 aromatic heterocycles. The monoisotopic (exact) mass is 360 g/mol. The lowest BCUT2D eigenvalue weighted by molar-refractivity contribution is -0.195. The van der Waals surface area contributed by atoms with Crippen LogP contribution >= 0.6 is 0 Å². The second-order valence-electron chi connectivity index (χ2n) is 10.9. The lowest BCUT2D eigenvalue weighted by Gasteiger charge is -2.66. The molecule has 0 amide bonds. The van der Waals surface area contributed by atoms with Crippen LogP contribution in [0.4, 0.5) is 0 Å². The van der Waals surface area contributed by atoms with Crippen molar-refractivity contribution in [3.63, 3.8) is 0 Å². The summed E-state index contributed by atoms with van der Waals surface area (Å²) in [5, 5.41) is 20.2. The molecule has 3 nitrogen and oxygen atoms in total. The highest BCUT2D eigenvalue weighted by Crippen LogP contribution is 2.74. The zero-order valence-corrected chi connectivity index (χ0v) is 16.3. The van der Waals surface area contributed by atoms with Gasteiger partial charge in [-0.15, -0.1) is 0 Å². The minimum absolute atomic E-state index is 0.0739. The number of aliphatic hydroxyl groups excluding tert-OH is 1. The van der Waals surface area contributed by atoms with Crippen LogP contribution in [0.3, 0.4) is 0 Å². The zero-order chi connectivity index (χ0) is 18.1. The van der Waals surface area contributed by atoms with Crippen LogP contribution in [0, 0.1) is 46.3 Å². The first-order valence-electron chi connectivity index (χ1n) is 11.4. The molecule has 5 fully saturated rings. The molecular weight excluding hydrogens is 324 g/mol. The molecule has 9 unspecified atom stereocenters. The molecule has 0 bridgehead atoms. The number of aliphatic carboxylic acids is 1. The Hall–Kier alpha value is -0.570. The van der Waals surface area contributed by atoms with Crippen molar-refractivity contribution >= 4 is 5.97 Å². The standard InChI is InChI=1S/C23H36O3/c1-22-10-3-2-4-15(22)12-19(24)21-17(22)9-11-23-13-14(5-8-20(25)26)16(23)6-7-18(21)23/h14-19,21,24H,2-13H2,1H3,(H,25,26). The third-order valence-corrected chi connectivity index (χ3v) is 10.3. The van der Waals surface area contributed by atoms with Gasteiger partial charge in [0.2, 0.25) is 0 Å². The van der Waals surface area contributed by atoms with E-state index in [-0.39, 0.29) is 6.10 Å².